The van der Waals surface area contributed by atoms with Crippen LogP contribution in [0.5, 0.6) is 0 Å². The number of benzene rings is 2. The van der Waals surface area contributed by atoms with Crippen molar-refractivity contribution in [1.29, 1.82) is 0 Å². The van der Waals surface area contributed by atoms with Crippen molar-refractivity contribution in [2.75, 3.05) is 5.73 Å². The van der Waals surface area contributed by atoms with Crippen molar-refractivity contribution in [2.45, 2.75) is 18.4 Å². The number of anilines is 1. The highest BCUT2D eigenvalue weighted by Gasteiger charge is 2.04. The van der Waals surface area contributed by atoms with E-state index >= 15 is 0 Å². The summed E-state index contributed by atoms with van der Waals surface area (Å²) >= 11 is 7.98. The van der Waals surface area contributed by atoms with Gasteiger partial charge in [-0.15, -0.1) is 0 Å². The molecule has 0 aliphatic heterocycles. The molecule has 0 saturated carbocycles. The molecule has 0 spiro atoms. The number of halogens is 1. The summed E-state index contributed by atoms with van der Waals surface area (Å²) in [5, 5.41) is 0.756. The Kier molecular flexibility index (Phi) is 4.56. The maximum absolute atomic E-state index is 6.14. The molecule has 0 aliphatic carbocycles. The average molecular weight is 278 g/mol. The molecular formula is C15H16ClNS. The van der Waals surface area contributed by atoms with Gasteiger partial charge < -0.3 is 5.73 Å². The Labute approximate surface area is 117 Å². The second kappa shape index (κ2) is 6.17. The first-order chi connectivity index (χ1) is 8.66. The van der Waals surface area contributed by atoms with Crippen LogP contribution in [0.4, 0.5) is 5.69 Å². The largest absolute Gasteiger partial charge is 0.398 e. The summed E-state index contributed by atoms with van der Waals surface area (Å²) in [5.41, 5.74) is 10.4. The first-order valence-corrected chi connectivity index (χ1v) is 7.36. The molecule has 0 aliphatic rings. The highest BCUT2D eigenvalue weighted by molar-refractivity contribution is 7.97. The average Bonchev–Trinajstić information content (AvgIpc) is 2.33. The minimum absolute atomic E-state index is 0.756. The third-order valence-electron chi connectivity index (χ3n) is 2.75. The fourth-order valence-corrected chi connectivity index (χ4v) is 3.17. The van der Waals surface area contributed by atoms with E-state index in [4.69, 9.17) is 17.3 Å². The smallest absolute Gasteiger partial charge is 0.0466 e. The molecule has 1 nitrogen and oxygen atoms in total. The Hall–Kier alpha value is -1.12. The molecule has 0 atom stereocenters. The minimum Gasteiger partial charge on any atom is -0.398 e. The standard InChI is InChI=1S/C15H16ClNS/c1-11-4-2-5-12(8-11)9-18-10-13-14(16)6-3-7-15(13)17/h2-8H,9-10,17H2,1H3. The maximum atomic E-state index is 6.14. The van der Waals surface area contributed by atoms with Gasteiger partial charge in [-0.1, -0.05) is 47.5 Å². The van der Waals surface area contributed by atoms with Gasteiger partial charge in [-0.2, -0.15) is 11.8 Å². The predicted molar refractivity (Wildman–Crippen MR) is 82.0 cm³/mol. The molecule has 0 radical (unpaired) electrons. The van der Waals surface area contributed by atoms with E-state index in [9.17, 15) is 0 Å². The monoisotopic (exact) mass is 277 g/mol. The molecule has 0 fully saturated rings. The summed E-state index contributed by atoms with van der Waals surface area (Å²) in [7, 11) is 0. The molecule has 2 N–H and O–H groups in total. The van der Waals surface area contributed by atoms with Crippen molar-refractivity contribution in [3.8, 4) is 0 Å². The molecule has 0 aromatic heterocycles. The number of hydrogen-bond acceptors (Lipinski definition) is 2. The topological polar surface area (TPSA) is 26.0 Å². The van der Waals surface area contributed by atoms with E-state index in [1.165, 1.54) is 11.1 Å². The lowest BCUT2D eigenvalue weighted by Crippen LogP contribution is -1.93. The van der Waals surface area contributed by atoms with Gasteiger partial charge in [0, 0.05) is 27.8 Å². The van der Waals surface area contributed by atoms with Crippen LogP contribution >= 0.6 is 23.4 Å². The Balaban J connectivity index is 1.97. The lowest BCUT2D eigenvalue weighted by Gasteiger charge is -2.08. The minimum atomic E-state index is 0.756. The SMILES string of the molecule is Cc1cccc(CSCc2c(N)cccc2Cl)c1. The normalized spacial score (nSPS) is 10.6. The van der Waals surface area contributed by atoms with Crippen LogP contribution in [0.1, 0.15) is 16.7 Å². The van der Waals surface area contributed by atoms with Gasteiger partial charge >= 0.3 is 0 Å². The zero-order valence-electron chi connectivity index (χ0n) is 10.3. The van der Waals surface area contributed by atoms with Crippen LogP contribution in [0.15, 0.2) is 42.5 Å². The van der Waals surface area contributed by atoms with Crippen LogP contribution in [0.3, 0.4) is 0 Å². The van der Waals surface area contributed by atoms with Crippen molar-refractivity contribution >= 4 is 29.1 Å². The van der Waals surface area contributed by atoms with E-state index < -0.39 is 0 Å². The van der Waals surface area contributed by atoms with E-state index in [0.29, 0.717) is 0 Å². The van der Waals surface area contributed by atoms with E-state index in [-0.39, 0.29) is 0 Å². The molecule has 0 heterocycles. The van der Waals surface area contributed by atoms with Crippen LogP contribution in [0.25, 0.3) is 0 Å². The third kappa shape index (κ3) is 3.44. The van der Waals surface area contributed by atoms with Gasteiger partial charge in [0.05, 0.1) is 0 Å². The van der Waals surface area contributed by atoms with Crippen molar-refractivity contribution in [3.05, 3.63) is 64.2 Å². The van der Waals surface area contributed by atoms with Crippen molar-refractivity contribution in [3.63, 3.8) is 0 Å². The second-order valence-corrected chi connectivity index (χ2v) is 5.68. The van der Waals surface area contributed by atoms with Gasteiger partial charge in [-0.25, -0.2) is 0 Å². The fraction of sp³-hybridized carbons (Fsp3) is 0.200. The van der Waals surface area contributed by atoms with Crippen molar-refractivity contribution < 1.29 is 0 Å². The van der Waals surface area contributed by atoms with Crippen LogP contribution in [0, 0.1) is 6.92 Å². The van der Waals surface area contributed by atoms with Crippen LogP contribution in [0.2, 0.25) is 5.02 Å². The quantitative estimate of drug-likeness (QED) is 0.822. The van der Waals surface area contributed by atoms with E-state index in [1.807, 2.05) is 30.0 Å². The van der Waals surface area contributed by atoms with Crippen LogP contribution in [-0.4, -0.2) is 0 Å². The first-order valence-electron chi connectivity index (χ1n) is 5.83. The summed E-state index contributed by atoms with van der Waals surface area (Å²) in [6.45, 7) is 2.11. The number of thioether (sulfide) groups is 1. The first kappa shape index (κ1) is 13.3. The maximum Gasteiger partial charge on any atom is 0.0466 e. The molecule has 0 unspecified atom stereocenters. The van der Waals surface area contributed by atoms with Gasteiger partial charge in [-0.3, -0.25) is 0 Å². The summed E-state index contributed by atoms with van der Waals surface area (Å²) in [5.74, 6) is 1.83. The van der Waals surface area contributed by atoms with Gasteiger partial charge in [0.15, 0.2) is 0 Å². The molecular weight excluding hydrogens is 262 g/mol. The highest BCUT2D eigenvalue weighted by Crippen LogP contribution is 2.28. The summed E-state index contributed by atoms with van der Waals surface area (Å²) in [6.07, 6.45) is 0. The zero-order chi connectivity index (χ0) is 13.0. The number of rotatable bonds is 4. The second-order valence-electron chi connectivity index (χ2n) is 4.29. The van der Waals surface area contributed by atoms with Crippen LogP contribution in [-0.2, 0) is 11.5 Å². The molecule has 94 valence electrons. The lowest BCUT2D eigenvalue weighted by molar-refractivity contribution is 1.33. The molecule has 0 bridgehead atoms. The Bertz CT molecular complexity index is 520. The van der Waals surface area contributed by atoms with E-state index in [1.54, 1.807) is 0 Å². The van der Waals surface area contributed by atoms with Gasteiger partial charge in [0.1, 0.15) is 0 Å². The van der Waals surface area contributed by atoms with Crippen molar-refractivity contribution in [1.82, 2.24) is 0 Å². The van der Waals surface area contributed by atoms with Gasteiger partial charge in [0.2, 0.25) is 0 Å². The van der Waals surface area contributed by atoms with Crippen LogP contribution < -0.4 is 5.73 Å². The summed E-state index contributed by atoms with van der Waals surface area (Å²) in [4.78, 5) is 0. The van der Waals surface area contributed by atoms with Crippen molar-refractivity contribution in [2.24, 2.45) is 0 Å². The predicted octanol–water partition coefficient (Wildman–Crippen LogP) is 4.66. The number of nitrogens with two attached hydrogens (primary N) is 1. The van der Waals surface area contributed by atoms with E-state index in [0.717, 1.165) is 27.8 Å². The Morgan fingerprint density at radius 1 is 1.11 bits per heavy atom. The number of aryl methyl sites for hydroxylation is 1. The van der Waals surface area contributed by atoms with Gasteiger partial charge in [0.25, 0.3) is 0 Å². The summed E-state index contributed by atoms with van der Waals surface area (Å²) in [6, 6.07) is 14.2. The highest BCUT2D eigenvalue weighted by atomic mass is 35.5. The number of hydrogen-bond donors (Lipinski definition) is 1. The molecule has 2 aromatic rings. The molecule has 2 rings (SSSR count). The van der Waals surface area contributed by atoms with Gasteiger partial charge in [-0.05, 0) is 24.6 Å². The summed E-state index contributed by atoms with van der Waals surface area (Å²) < 4.78 is 0. The fourth-order valence-electron chi connectivity index (χ4n) is 1.80. The molecule has 18 heavy (non-hydrogen) atoms. The number of nitrogen functional groups attached to an aromatic ring is 1. The molecule has 0 saturated heterocycles. The Morgan fingerprint density at radius 2 is 1.89 bits per heavy atom. The Morgan fingerprint density at radius 3 is 2.61 bits per heavy atom. The zero-order valence-corrected chi connectivity index (χ0v) is 11.9. The van der Waals surface area contributed by atoms with E-state index in [2.05, 4.69) is 31.2 Å². The molecule has 2 aromatic carbocycles. The molecule has 0 amide bonds. The third-order valence-corrected chi connectivity index (χ3v) is 4.14. The lowest BCUT2D eigenvalue weighted by atomic mass is 10.2. The molecule has 3 heteroatoms.